The van der Waals surface area contributed by atoms with Crippen molar-refractivity contribution in [3.63, 3.8) is 0 Å². The lowest BCUT2D eigenvalue weighted by Gasteiger charge is -2.24. The van der Waals surface area contributed by atoms with Gasteiger partial charge in [-0.1, -0.05) is 38.1 Å². The maximum atomic E-state index is 12.7. The molecule has 3 aromatic rings. The van der Waals surface area contributed by atoms with Crippen LogP contribution in [0.3, 0.4) is 0 Å². The Morgan fingerprint density at radius 1 is 0.914 bits per heavy atom. The van der Waals surface area contributed by atoms with Crippen LogP contribution in [0.1, 0.15) is 31.9 Å². The van der Waals surface area contributed by atoms with Crippen LogP contribution in [0.15, 0.2) is 82.6 Å². The summed E-state index contributed by atoms with van der Waals surface area (Å²) in [5.74, 6) is 1.65. The molecule has 0 aromatic heterocycles. The molecule has 0 radical (unpaired) electrons. The number of hydrogen-bond acceptors (Lipinski definition) is 6. The van der Waals surface area contributed by atoms with Gasteiger partial charge in [-0.2, -0.15) is 0 Å². The van der Waals surface area contributed by atoms with E-state index in [1.165, 1.54) is 12.1 Å². The van der Waals surface area contributed by atoms with Crippen LogP contribution in [0.5, 0.6) is 17.2 Å². The Kier molecular flexibility index (Phi) is 7.60. The fraction of sp³-hybridized carbons (Fsp3) is 0.296. The van der Waals surface area contributed by atoms with E-state index < -0.39 is 9.84 Å². The first kappa shape index (κ1) is 24.6. The molecule has 1 aliphatic rings. The van der Waals surface area contributed by atoms with Crippen LogP contribution >= 0.6 is 0 Å². The molecule has 1 atom stereocenters. The average molecular weight is 496 g/mol. The second-order valence-corrected chi connectivity index (χ2v) is 10.6. The van der Waals surface area contributed by atoms with Crippen molar-refractivity contribution in [1.29, 1.82) is 0 Å². The van der Waals surface area contributed by atoms with Gasteiger partial charge in [0.15, 0.2) is 18.1 Å². The number of benzene rings is 3. The Hall–Kier alpha value is -3.52. The van der Waals surface area contributed by atoms with E-state index in [-0.39, 0.29) is 34.3 Å². The van der Waals surface area contributed by atoms with E-state index in [1.54, 1.807) is 42.5 Å². The van der Waals surface area contributed by atoms with E-state index in [0.717, 1.165) is 12.0 Å². The molecular formula is C27H29NO6S. The number of ether oxygens (including phenoxy) is 3. The topological polar surface area (TPSA) is 90.9 Å². The number of amides is 1. The molecular weight excluding hydrogens is 466 g/mol. The van der Waals surface area contributed by atoms with E-state index in [2.05, 4.69) is 5.32 Å². The molecule has 1 unspecified atom stereocenters. The lowest BCUT2D eigenvalue weighted by atomic mass is 9.95. The zero-order chi connectivity index (χ0) is 24.8. The van der Waals surface area contributed by atoms with Crippen LogP contribution in [0.4, 0.5) is 0 Å². The quantitative estimate of drug-likeness (QED) is 0.492. The summed E-state index contributed by atoms with van der Waals surface area (Å²) in [4.78, 5) is 13.1. The number of fused-ring (bicyclic) bond motifs is 1. The molecule has 0 bridgehead atoms. The summed E-state index contributed by atoms with van der Waals surface area (Å²) >= 11 is 0. The molecule has 3 aromatic carbocycles. The molecule has 8 heteroatoms. The number of hydrogen-bond donors (Lipinski definition) is 1. The average Bonchev–Trinajstić information content (AvgIpc) is 3.11. The smallest absolute Gasteiger partial charge is 0.258 e. The number of carbonyl (C=O) groups is 1. The van der Waals surface area contributed by atoms with Gasteiger partial charge in [-0.3, -0.25) is 4.79 Å². The van der Waals surface area contributed by atoms with Gasteiger partial charge in [0.1, 0.15) is 5.75 Å². The van der Waals surface area contributed by atoms with Crippen molar-refractivity contribution in [3.8, 4) is 17.2 Å². The summed E-state index contributed by atoms with van der Waals surface area (Å²) in [5.41, 5.74) is 0.924. The molecule has 184 valence electrons. The third-order valence-corrected chi connectivity index (χ3v) is 7.46. The van der Waals surface area contributed by atoms with Crippen molar-refractivity contribution >= 4 is 15.7 Å². The van der Waals surface area contributed by atoms with Gasteiger partial charge in [-0.25, -0.2) is 8.42 Å². The Balaban J connectivity index is 1.38. The molecule has 7 nitrogen and oxygen atoms in total. The highest BCUT2D eigenvalue weighted by Gasteiger charge is 2.22. The largest absolute Gasteiger partial charge is 0.490 e. The van der Waals surface area contributed by atoms with Gasteiger partial charge in [-0.05, 0) is 60.0 Å². The predicted octanol–water partition coefficient (Wildman–Crippen LogP) is 4.57. The van der Waals surface area contributed by atoms with Gasteiger partial charge in [0.25, 0.3) is 5.91 Å². The molecule has 4 rings (SSSR count). The van der Waals surface area contributed by atoms with Gasteiger partial charge in [0.05, 0.1) is 29.0 Å². The van der Waals surface area contributed by atoms with Crippen LogP contribution in [-0.4, -0.2) is 34.1 Å². The van der Waals surface area contributed by atoms with Crippen molar-refractivity contribution < 1.29 is 27.4 Å². The van der Waals surface area contributed by atoms with Gasteiger partial charge >= 0.3 is 0 Å². The maximum Gasteiger partial charge on any atom is 0.258 e. The summed E-state index contributed by atoms with van der Waals surface area (Å²) in [6, 6.07) is 19.8. The maximum absolute atomic E-state index is 12.7. The zero-order valence-corrected chi connectivity index (χ0v) is 20.6. The second-order valence-electron chi connectivity index (χ2n) is 8.62. The normalized spacial score (nSPS) is 14.1. The molecule has 1 heterocycles. The van der Waals surface area contributed by atoms with Crippen molar-refractivity contribution in [1.82, 2.24) is 5.32 Å². The highest BCUT2D eigenvalue weighted by molar-refractivity contribution is 7.91. The molecule has 0 saturated heterocycles. The molecule has 1 N–H and O–H groups in total. The van der Waals surface area contributed by atoms with Crippen LogP contribution in [0.2, 0.25) is 0 Å². The van der Waals surface area contributed by atoms with Crippen molar-refractivity contribution in [2.75, 3.05) is 19.8 Å². The number of rotatable bonds is 8. The minimum atomic E-state index is -3.61. The van der Waals surface area contributed by atoms with Crippen LogP contribution in [-0.2, 0) is 14.6 Å². The molecule has 35 heavy (non-hydrogen) atoms. The summed E-state index contributed by atoms with van der Waals surface area (Å²) < 4.78 is 42.5. The van der Waals surface area contributed by atoms with Gasteiger partial charge in [-0.15, -0.1) is 0 Å². The number of nitrogens with one attached hydrogen (secondary N) is 1. The second kappa shape index (κ2) is 10.8. The standard InChI is InChI=1S/C27H29NO6S/c1-19(2)27(20-9-14-24-25(17-20)33-16-6-15-32-24)28-26(29)18-34-21-10-12-23(13-11-21)35(30,31)22-7-4-3-5-8-22/h3-5,7-14,17,19,27H,6,15-16,18H2,1-2H3,(H,28,29). The van der Waals surface area contributed by atoms with Crippen LogP contribution in [0, 0.1) is 5.92 Å². The number of carbonyl (C=O) groups excluding carboxylic acids is 1. The Labute approximate surface area is 206 Å². The van der Waals surface area contributed by atoms with Crippen molar-refractivity contribution in [3.05, 3.63) is 78.4 Å². The van der Waals surface area contributed by atoms with E-state index in [0.29, 0.717) is 30.5 Å². The molecule has 0 saturated carbocycles. The lowest BCUT2D eigenvalue weighted by molar-refractivity contribution is -0.124. The summed E-state index contributed by atoms with van der Waals surface area (Å²) in [6.45, 7) is 5.07. The SMILES string of the molecule is CC(C)C(NC(=O)COc1ccc(S(=O)(=O)c2ccccc2)cc1)c1ccc2c(c1)OCCCO2. The van der Waals surface area contributed by atoms with Crippen LogP contribution in [0.25, 0.3) is 0 Å². The summed E-state index contributed by atoms with van der Waals surface area (Å²) in [7, 11) is -3.61. The highest BCUT2D eigenvalue weighted by atomic mass is 32.2. The third kappa shape index (κ3) is 5.95. The Morgan fingerprint density at radius 3 is 2.26 bits per heavy atom. The monoisotopic (exact) mass is 495 g/mol. The molecule has 0 aliphatic carbocycles. The zero-order valence-electron chi connectivity index (χ0n) is 19.8. The molecule has 0 fully saturated rings. The Bertz CT molecular complexity index is 1260. The lowest BCUT2D eigenvalue weighted by Crippen LogP contribution is -2.35. The van der Waals surface area contributed by atoms with E-state index in [4.69, 9.17) is 14.2 Å². The van der Waals surface area contributed by atoms with Gasteiger partial charge < -0.3 is 19.5 Å². The van der Waals surface area contributed by atoms with Crippen molar-refractivity contribution in [2.45, 2.75) is 36.1 Å². The first-order valence-corrected chi connectivity index (χ1v) is 13.0. The predicted molar refractivity (Wildman–Crippen MR) is 132 cm³/mol. The third-order valence-electron chi connectivity index (χ3n) is 5.67. The van der Waals surface area contributed by atoms with Gasteiger partial charge in [0, 0.05) is 6.42 Å². The van der Waals surface area contributed by atoms with Crippen LogP contribution < -0.4 is 19.5 Å². The molecule has 0 spiro atoms. The van der Waals surface area contributed by atoms with Gasteiger partial charge in [0.2, 0.25) is 9.84 Å². The Morgan fingerprint density at radius 2 is 1.57 bits per heavy atom. The fourth-order valence-corrected chi connectivity index (χ4v) is 5.10. The van der Waals surface area contributed by atoms with E-state index in [1.807, 2.05) is 32.0 Å². The van der Waals surface area contributed by atoms with E-state index in [9.17, 15) is 13.2 Å². The van der Waals surface area contributed by atoms with Crippen molar-refractivity contribution in [2.24, 2.45) is 5.92 Å². The highest BCUT2D eigenvalue weighted by Crippen LogP contribution is 2.34. The first-order valence-electron chi connectivity index (χ1n) is 11.6. The van der Waals surface area contributed by atoms with E-state index >= 15 is 0 Å². The molecule has 1 aliphatic heterocycles. The fourth-order valence-electron chi connectivity index (χ4n) is 3.82. The summed E-state index contributed by atoms with van der Waals surface area (Å²) in [5, 5.41) is 3.03. The number of sulfone groups is 1. The first-order chi connectivity index (χ1) is 16.8. The summed E-state index contributed by atoms with van der Waals surface area (Å²) in [6.07, 6.45) is 0.824. The molecule has 1 amide bonds. The minimum Gasteiger partial charge on any atom is -0.490 e. The minimum absolute atomic E-state index is 0.131.